The number of nitro benzene ring substituents is 1. The van der Waals surface area contributed by atoms with Crippen LogP contribution < -0.4 is 0 Å². The lowest BCUT2D eigenvalue weighted by molar-refractivity contribution is -0.385. The van der Waals surface area contributed by atoms with E-state index in [0.717, 1.165) is 0 Å². The predicted octanol–water partition coefficient (Wildman–Crippen LogP) is 4.01. The Bertz CT molecular complexity index is 1120. The number of esters is 2. The zero-order valence-electron chi connectivity index (χ0n) is 18.9. The van der Waals surface area contributed by atoms with Crippen LogP contribution in [0.2, 0.25) is 5.02 Å². The molecule has 0 amide bonds. The predicted molar refractivity (Wildman–Crippen MR) is 125 cm³/mol. The van der Waals surface area contributed by atoms with Crippen LogP contribution in [0.25, 0.3) is 0 Å². The van der Waals surface area contributed by atoms with Crippen LogP contribution in [0.3, 0.4) is 0 Å². The summed E-state index contributed by atoms with van der Waals surface area (Å²) in [5, 5.41) is 23.7. The number of carbonyl (C=O) groups is 2. The van der Waals surface area contributed by atoms with Crippen molar-refractivity contribution >= 4 is 34.9 Å². The first-order valence-corrected chi connectivity index (χ1v) is 11.1. The van der Waals surface area contributed by atoms with Gasteiger partial charge in [-0.05, 0) is 38.5 Å². The number of non-ortho nitro benzene ring substituents is 1. The fraction of sp³-hybridized carbons (Fsp3) is 0.375. The van der Waals surface area contributed by atoms with Crippen LogP contribution in [0.5, 0.6) is 0 Å². The van der Waals surface area contributed by atoms with E-state index in [9.17, 15) is 24.8 Å². The summed E-state index contributed by atoms with van der Waals surface area (Å²) in [4.78, 5) is 41.7. The first-order chi connectivity index (χ1) is 16.1. The number of aliphatic hydroxyl groups is 1. The smallest absolute Gasteiger partial charge is 0.315 e. The van der Waals surface area contributed by atoms with Gasteiger partial charge in [-0.2, -0.15) is 0 Å². The van der Waals surface area contributed by atoms with E-state index in [2.05, 4.69) is 4.99 Å². The number of nitro groups is 1. The standard InChI is InChI=1S/C24H25ClN2O7/c1-4-33-22(28)19-14(3)26-24(30,16-9-11-17(25)12-10-16)21(23(29)34-5-2)20(19)15-7-6-8-18(13-15)27(31)32/h6-13,19-21,30H,4-5H2,1-3H3. The molecule has 1 heterocycles. The minimum absolute atomic E-state index is 0.0143. The Kier molecular flexibility index (Phi) is 7.68. The number of hydrogen-bond acceptors (Lipinski definition) is 8. The van der Waals surface area contributed by atoms with Gasteiger partial charge in [-0.15, -0.1) is 0 Å². The molecule has 0 aromatic heterocycles. The van der Waals surface area contributed by atoms with Gasteiger partial charge in [0.25, 0.3) is 5.69 Å². The summed E-state index contributed by atoms with van der Waals surface area (Å²) >= 11 is 6.01. The second kappa shape index (κ2) is 10.3. The van der Waals surface area contributed by atoms with Gasteiger partial charge in [0, 0.05) is 34.3 Å². The second-order valence-electron chi connectivity index (χ2n) is 7.82. The molecule has 9 nitrogen and oxygen atoms in total. The maximum Gasteiger partial charge on any atom is 0.315 e. The molecule has 1 aliphatic rings. The highest BCUT2D eigenvalue weighted by Crippen LogP contribution is 2.49. The maximum absolute atomic E-state index is 13.3. The van der Waals surface area contributed by atoms with E-state index >= 15 is 0 Å². The van der Waals surface area contributed by atoms with E-state index in [1.165, 1.54) is 30.3 Å². The minimum Gasteiger partial charge on any atom is -0.466 e. The molecule has 2 aromatic rings. The third-order valence-corrected chi connectivity index (χ3v) is 6.02. The lowest BCUT2D eigenvalue weighted by atomic mass is 9.67. The molecule has 4 atom stereocenters. The summed E-state index contributed by atoms with van der Waals surface area (Å²) in [6, 6.07) is 11.8. The molecule has 4 unspecified atom stereocenters. The summed E-state index contributed by atoms with van der Waals surface area (Å²) in [5.41, 5.74) is -1.58. The third-order valence-electron chi connectivity index (χ3n) is 5.76. The number of nitrogens with zero attached hydrogens (tertiary/aromatic N) is 2. The molecule has 0 saturated carbocycles. The van der Waals surface area contributed by atoms with Crippen LogP contribution in [0.15, 0.2) is 53.5 Å². The highest BCUT2D eigenvalue weighted by Gasteiger charge is 2.57. The third kappa shape index (κ3) is 4.80. The van der Waals surface area contributed by atoms with Crippen molar-refractivity contribution in [2.75, 3.05) is 13.2 Å². The number of carbonyl (C=O) groups excluding carboxylic acids is 2. The molecular formula is C24H25ClN2O7. The highest BCUT2D eigenvalue weighted by molar-refractivity contribution is 6.30. The van der Waals surface area contributed by atoms with Crippen LogP contribution in [0.1, 0.15) is 37.8 Å². The zero-order valence-corrected chi connectivity index (χ0v) is 19.7. The van der Waals surface area contributed by atoms with Gasteiger partial charge in [0.05, 0.1) is 18.1 Å². The van der Waals surface area contributed by atoms with Gasteiger partial charge in [-0.1, -0.05) is 35.9 Å². The number of rotatable bonds is 7. The largest absolute Gasteiger partial charge is 0.466 e. The number of ether oxygens (including phenoxy) is 2. The van der Waals surface area contributed by atoms with Crippen LogP contribution in [0, 0.1) is 22.0 Å². The molecule has 0 fully saturated rings. The van der Waals surface area contributed by atoms with Crippen molar-refractivity contribution in [3.63, 3.8) is 0 Å². The topological polar surface area (TPSA) is 128 Å². The van der Waals surface area contributed by atoms with E-state index in [1.807, 2.05) is 0 Å². The van der Waals surface area contributed by atoms with Crippen LogP contribution in [-0.4, -0.2) is 40.9 Å². The van der Waals surface area contributed by atoms with Crippen molar-refractivity contribution in [1.29, 1.82) is 0 Å². The molecule has 3 rings (SSSR count). The lowest BCUT2D eigenvalue weighted by Gasteiger charge is -2.43. The molecule has 180 valence electrons. The fourth-order valence-corrected chi connectivity index (χ4v) is 4.50. The van der Waals surface area contributed by atoms with E-state index in [4.69, 9.17) is 21.1 Å². The second-order valence-corrected chi connectivity index (χ2v) is 8.26. The van der Waals surface area contributed by atoms with Crippen molar-refractivity contribution in [3.05, 3.63) is 74.8 Å². The van der Waals surface area contributed by atoms with Gasteiger partial charge in [0.1, 0.15) is 11.8 Å². The van der Waals surface area contributed by atoms with Gasteiger partial charge >= 0.3 is 11.9 Å². The average molecular weight is 489 g/mol. The first kappa shape index (κ1) is 25.3. The number of aliphatic imine (C=N–C) groups is 1. The van der Waals surface area contributed by atoms with Crippen molar-refractivity contribution in [2.24, 2.45) is 16.8 Å². The Morgan fingerprint density at radius 2 is 1.74 bits per heavy atom. The molecular weight excluding hydrogens is 464 g/mol. The Morgan fingerprint density at radius 1 is 1.12 bits per heavy atom. The Labute approximate surface area is 201 Å². The summed E-state index contributed by atoms with van der Waals surface area (Å²) in [7, 11) is 0. The van der Waals surface area contributed by atoms with Crippen LogP contribution in [-0.2, 0) is 24.8 Å². The van der Waals surface area contributed by atoms with Gasteiger partial charge in [-0.25, -0.2) is 0 Å². The summed E-state index contributed by atoms with van der Waals surface area (Å²) in [5.74, 6) is -5.01. The first-order valence-electron chi connectivity index (χ1n) is 10.8. The molecule has 10 heteroatoms. The monoisotopic (exact) mass is 488 g/mol. The molecule has 0 aliphatic carbocycles. The molecule has 0 radical (unpaired) electrons. The summed E-state index contributed by atoms with van der Waals surface area (Å²) < 4.78 is 10.5. The Hall–Kier alpha value is -3.30. The van der Waals surface area contributed by atoms with Gasteiger partial charge in [0.2, 0.25) is 0 Å². The molecule has 34 heavy (non-hydrogen) atoms. The fourth-order valence-electron chi connectivity index (χ4n) is 4.37. The zero-order chi connectivity index (χ0) is 25.0. The highest BCUT2D eigenvalue weighted by atomic mass is 35.5. The van der Waals surface area contributed by atoms with Crippen LogP contribution >= 0.6 is 11.6 Å². The minimum atomic E-state index is -2.13. The van der Waals surface area contributed by atoms with Crippen molar-refractivity contribution in [2.45, 2.75) is 32.4 Å². The number of hydrogen-bond donors (Lipinski definition) is 1. The van der Waals surface area contributed by atoms with Gasteiger partial charge < -0.3 is 14.6 Å². The van der Waals surface area contributed by atoms with Gasteiger partial charge in [0.15, 0.2) is 5.72 Å². The quantitative estimate of drug-likeness (QED) is 0.354. The van der Waals surface area contributed by atoms with Crippen LogP contribution in [0.4, 0.5) is 5.69 Å². The molecule has 2 aromatic carbocycles. The molecule has 1 N–H and O–H groups in total. The number of benzene rings is 2. The number of halogens is 1. The molecule has 0 spiro atoms. The SMILES string of the molecule is CCOC(=O)C1C(C)=NC(O)(c2ccc(Cl)cc2)C(C(=O)OCC)C1c1cccc([N+](=O)[O-])c1. The Morgan fingerprint density at radius 3 is 2.32 bits per heavy atom. The summed E-state index contributed by atoms with van der Waals surface area (Å²) in [6.07, 6.45) is 0. The van der Waals surface area contributed by atoms with E-state index in [-0.39, 0.29) is 30.2 Å². The van der Waals surface area contributed by atoms with Crippen molar-refractivity contribution in [1.82, 2.24) is 0 Å². The van der Waals surface area contributed by atoms with Gasteiger partial charge in [-0.3, -0.25) is 24.7 Å². The normalized spacial score (nSPS) is 24.1. The average Bonchev–Trinajstić information content (AvgIpc) is 2.79. The lowest BCUT2D eigenvalue weighted by Crippen LogP contribution is -2.52. The Balaban J connectivity index is 2.32. The van der Waals surface area contributed by atoms with E-state index in [1.54, 1.807) is 39.0 Å². The summed E-state index contributed by atoms with van der Waals surface area (Å²) in [6.45, 7) is 4.90. The molecule has 0 saturated heterocycles. The van der Waals surface area contributed by atoms with E-state index < -0.39 is 40.3 Å². The maximum atomic E-state index is 13.3. The van der Waals surface area contributed by atoms with E-state index in [0.29, 0.717) is 10.6 Å². The van der Waals surface area contributed by atoms with Crippen molar-refractivity contribution in [3.8, 4) is 0 Å². The molecule has 0 bridgehead atoms. The molecule has 1 aliphatic heterocycles. The van der Waals surface area contributed by atoms with Crippen molar-refractivity contribution < 1.29 is 29.1 Å².